The van der Waals surface area contributed by atoms with E-state index in [2.05, 4.69) is 15.5 Å². The van der Waals surface area contributed by atoms with Crippen LogP contribution in [0.3, 0.4) is 0 Å². The number of aromatic nitrogens is 2. The van der Waals surface area contributed by atoms with Crippen LogP contribution in [0.5, 0.6) is 0 Å². The number of carbonyl (C=O) groups excluding carboxylic acids is 1. The van der Waals surface area contributed by atoms with Crippen molar-refractivity contribution < 1.29 is 4.79 Å². The highest BCUT2D eigenvalue weighted by Gasteiger charge is 2.19. The van der Waals surface area contributed by atoms with Gasteiger partial charge in [0.1, 0.15) is 5.01 Å². The van der Waals surface area contributed by atoms with Gasteiger partial charge in [0.15, 0.2) is 0 Å². The van der Waals surface area contributed by atoms with Gasteiger partial charge in [0.05, 0.1) is 6.04 Å². The fourth-order valence-electron chi connectivity index (χ4n) is 1.26. The first-order valence-electron chi connectivity index (χ1n) is 5.16. The zero-order valence-electron chi connectivity index (χ0n) is 10.1. The van der Waals surface area contributed by atoms with Crippen molar-refractivity contribution in [3.63, 3.8) is 0 Å². The van der Waals surface area contributed by atoms with Gasteiger partial charge in [0, 0.05) is 6.42 Å². The standard InChI is InChI=1S/C10H18N4OS/c1-6(8-13-14-9(11)16-8)12-7(15)5-10(2,3)4/h6H,5H2,1-4H3,(H2,11,14)(H,12,15). The molecule has 0 bridgehead atoms. The lowest BCUT2D eigenvalue weighted by molar-refractivity contribution is -0.123. The molecule has 1 heterocycles. The lowest BCUT2D eigenvalue weighted by Crippen LogP contribution is -2.29. The molecule has 0 aliphatic rings. The van der Waals surface area contributed by atoms with Crippen LogP contribution in [-0.4, -0.2) is 16.1 Å². The summed E-state index contributed by atoms with van der Waals surface area (Å²) in [6.45, 7) is 7.96. The van der Waals surface area contributed by atoms with Crippen molar-refractivity contribution in [2.45, 2.75) is 40.2 Å². The van der Waals surface area contributed by atoms with Crippen LogP contribution in [0, 0.1) is 5.41 Å². The van der Waals surface area contributed by atoms with Crippen LogP contribution < -0.4 is 11.1 Å². The highest BCUT2D eigenvalue weighted by molar-refractivity contribution is 7.15. The predicted octanol–water partition coefficient (Wildman–Crippen LogP) is 1.73. The van der Waals surface area contributed by atoms with Crippen molar-refractivity contribution in [3.05, 3.63) is 5.01 Å². The molecule has 0 saturated heterocycles. The number of nitrogens with one attached hydrogen (secondary N) is 1. The molecule has 1 amide bonds. The average Bonchev–Trinajstić information content (AvgIpc) is 2.47. The smallest absolute Gasteiger partial charge is 0.221 e. The maximum atomic E-state index is 11.7. The van der Waals surface area contributed by atoms with Gasteiger partial charge in [-0.15, -0.1) is 10.2 Å². The van der Waals surface area contributed by atoms with Gasteiger partial charge in [-0.1, -0.05) is 32.1 Å². The van der Waals surface area contributed by atoms with E-state index < -0.39 is 0 Å². The molecular weight excluding hydrogens is 224 g/mol. The third-order valence-electron chi connectivity index (χ3n) is 1.90. The fraction of sp³-hybridized carbons (Fsp3) is 0.700. The summed E-state index contributed by atoms with van der Waals surface area (Å²) in [4.78, 5) is 11.7. The molecule has 0 aromatic carbocycles. The molecule has 1 aromatic heterocycles. The summed E-state index contributed by atoms with van der Waals surface area (Å²) in [5, 5.41) is 11.6. The van der Waals surface area contributed by atoms with Gasteiger partial charge in [-0.05, 0) is 12.3 Å². The van der Waals surface area contributed by atoms with Gasteiger partial charge in [-0.2, -0.15) is 0 Å². The molecule has 1 unspecified atom stereocenters. The van der Waals surface area contributed by atoms with Crippen molar-refractivity contribution in [1.82, 2.24) is 15.5 Å². The van der Waals surface area contributed by atoms with Crippen LogP contribution in [0.25, 0.3) is 0 Å². The predicted molar refractivity (Wildman–Crippen MR) is 65.0 cm³/mol. The van der Waals surface area contributed by atoms with Crippen molar-refractivity contribution in [1.29, 1.82) is 0 Å². The number of hydrogen-bond acceptors (Lipinski definition) is 5. The molecule has 6 heteroatoms. The molecule has 16 heavy (non-hydrogen) atoms. The van der Waals surface area contributed by atoms with E-state index in [1.807, 2.05) is 27.7 Å². The SMILES string of the molecule is CC(NC(=O)CC(C)(C)C)c1nnc(N)s1. The van der Waals surface area contributed by atoms with Crippen LogP contribution in [0.1, 0.15) is 45.2 Å². The molecule has 0 radical (unpaired) electrons. The number of amides is 1. The Bertz CT molecular complexity index is 369. The van der Waals surface area contributed by atoms with Gasteiger partial charge in [-0.3, -0.25) is 4.79 Å². The van der Waals surface area contributed by atoms with E-state index in [0.29, 0.717) is 11.6 Å². The first kappa shape index (κ1) is 12.9. The first-order chi connectivity index (χ1) is 7.28. The first-order valence-corrected chi connectivity index (χ1v) is 5.98. The van der Waals surface area contributed by atoms with E-state index in [0.717, 1.165) is 5.01 Å². The van der Waals surface area contributed by atoms with Gasteiger partial charge < -0.3 is 11.1 Å². The van der Waals surface area contributed by atoms with Gasteiger partial charge in [-0.25, -0.2) is 0 Å². The van der Waals surface area contributed by atoms with Gasteiger partial charge in [0.25, 0.3) is 0 Å². The average molecular weight is 242 g/mol. The summed E-state index contributed by atoms with van der Waals surface area (Å²) in [6.07, 6.45) is 0.492. The van der Waals surface area contributed by atoms with Crippen molar-refractivity contribution in [2.24, 2.45) is 5.41 Å². The number of carbonyl (C=O) groups is 1. The molecule has 0 saturated carbocycles. The molecule has 3 N–H and O–H groups in total. The highest BCUT2D eigenvalue weighted by Crippen LogP contribution is 2.21. The molecular formula is C10H18N4OS. The number of nitrogens with two attached hydrogens (primary N) is 1. The normalized spacial score (nSPS) is 13.5. The summed E-state index contributed by atoms with van der Waals surface area (Å²) in [6, 6.07) is -0.135. The zero-order valence-corrected chi connectivity index (χ0v) is 10.9. The van der Waals surface area contributed by atoms with Crippen LogP contribution in [0.2, 0.25) is 0 Å². The Morgan fingerprint density at radius 2 is 2.12 bits per heavy atom. The van der Waals surface area contributed by atoms with Crippen LogP contribution in [-0.2, 0) is 4.79 Å². The topological polar surface area (TPSA) is 80.9 Å². The number of nitrogens with zero attached hydrogens (tertiary/aromatic N) is 2. The molecule has 1 atom stereocenters. The van der Waals surface area contributed by atoms with E-state index in [1.165, 1.54) is 11.3 Å². The second-order valence-electron chi connectivity index (χ2n) is 5.01. The minimum atomic E-state index is -0.135. The number of rotatable bonds is 3. The quantitative estimate of drug-likeness (QED) is 0.846. The highest BCUT2D eigenvalue weighted by atomic mass is 32.1. The summed E-state index contributed by atoms with van der Waals surface area (Å²) in [5.74, 6) is 0.0220. The lowest BCUT2D eigenvalue weighted by atomic mass is 9.92. The fourth-order valence-corrected chi connectivity index (χ4v) is 1.87. The molecule has 5 nitrogen and oxygen atoms in total. The maximum absolute atomic E-state index is 11.7. The van der Waals surface area contributed by atoms with Gasteiger partial charge in [0.2, 0.25) is 11.0 Å². The van der Waals surface area contributed by atoms with Crippen LogP contribution in [0.4, 0.5) is 5.13 Å². The Labute approximate surface area is 99.5 Å². The second-order valence-corrected chi connectivity index (χ2v) is 6.05. The van der Waals surface area contributed by atoms with E-state index in [9.17, 15) is 4.79 Å². The Morgan fingerprint density at radius 1 is 1.50 bits per heavy atom. The van der Waals surface area contributed by atoms with Crippen molar-refractivity contribution in [2.75, 3.05) is 5.73 Å². The van der Waals surface area contributed by atoms with E-state index >= 15 is 0 Å². The molecule has 0 aliphatic carbocycles. The molecule has 1 rings (SSSR count). The third-order valence-corrected chi connectivity index (χ3v) is 2.83. The lowest BCUT2D eigenvalue weighted by Gasteiger charge is -2.19. The molecule has 1 aromatic rings. The summed E-state index contributed by atoms with van der Waals surface area (Å²) in [5.41, 5.74) is 5.47. The largest absolute Gasteiger partial charge is 0.374 e. The minimum absolute atomic E-state index is 0.00996. The summed E-state index contributed by atoms with van der Waals surface area (Å²) >= 11 is 1.30. The van der Waals surface area contributed by atoms with Crippen molar-refractivity contribution in [3.8, 4) is 0 Å². The minimum Gasteiger partial charge on any atom is -0.374 e. The molecule has 0 aliphatic heterocycles. The van der Waals surface area contributed by atoms with Crippen LogP contribution in [0.15, 0.2) is 0 Å². The Kier molecular flexibility index (Phi) is 3.85. The monoisotopic (exact) mass is 242 g/mol. The summed E-state index contributed by atoms with van der Waals surface area (Å²) < 4.78 is 0. The van der Waals surface area contributed by atoms with E-state index in [1.54, 1.807) is 0 Å². The van der Waals surface area contributed by atoms with Crippen molar-refractivity contribution >= 4 is 22.4 Å². The van der Waals surface area contributed by atoms with E-state index in [4.69, 9.17) is 5.73 Å². The van der Waals surface area contributed by atoms with E-state index in [-0.39, 0.29) is 17.4 Å². The van der Waals surface area contributed by atoms with Gasteiger partial charge >= 0.3 is 0 Å². The zero-order chi connectivity index (χ0) is 12.3. The number of nitrogen functional groups attached to an aromatic ring is 1. The molecule has 90 valence electrons. The Hall–Kier alpha value is -1.17. The summed E-state index contributed by atoms with van der Waals surface area (Å²) in [7, 11) is 0. The molecule has 0 spiro atoms. The van der Waals surface area contributed by atoms with Crippen LogP contribution >= 0.6 is 11.3 Å². The maximum Gasteiger partial charge on any atom is 0.221 e. The molecule has 0 fully saturated rings. The second kappa shape index (κ2) is 4.78. The Balaban J connectivity index is 2.52. The Morgan fingerprint density at radius 3 is 2.56 bits per heavy atom. The third kappa shape index (κ3) is 4.14. The number of hydrogen-bond donors (Lipinski definition) is 2. The number of anilines is 1.